The number of rotatable bonds is 5. The molecule has 0 atom stereocenters. The molecule has 156 valence electrons. The van der Waals surface area contributed by atoms with Gasteiger partial charge in [-0.3, -0.25) is 5.10 Å². The van der Waals surface area contributed by atoms with E-state index in [4.69, 9.17) is 10.5 Å². The molecule has 0 aliphatic carbocycles. The zero-order chi connectivity index (χ0) is 22.1. The van der Waals surface area contributed by atoms with Crippen LogP contribution < -0.4 is 10.5 Å². The number of hydrogen-bond acceptors (Lipinski definition) is 5. The number of carboxylic acid groups (broad SMARTS) is 1. The van der Waals surface area contributed by atoms with E-state index in [1.165, 1.54) is 0 Å². The maximum absolute atomic E-state index is 11.4. The van der Waals surface area contributed by atoms with Crippen molar-refractivity contribution >= 4 is 22.8 Å². The third kappa shape index (κ3) is 3.63. The lowest BCUT2D eigenvalue weighted by atomic mass is 9.99. The highest BCUT2D eigenvalue weighted by atomic mass is 16.5. The number of pyridine rings is 1. The number of anilines is 1. The van der Waals surface area contributed by atoms with Gasteiger partial charge in [0, 0.05) is 5.56 Å². The van der Waals surface area contributed by atoms with Gasteiger partial charge in [-0.05, 0) is 53.6 Å². The molecule has 5 aromatic rings. The van der Waals surface area contributed by atoms with Crippen LogP contribution in [0.3, 0.4) is 0 Å². The summed E-state index contributed by atoms with van der Waals surface area (Å²) in [6.07, 6.45) is 0. The Bertz CT molecular complexity index is 1430. The minimum Gasteiger partial charge on any atom is -0.478 e. The summed E-state index contributed by atoms with van der Waals surface area (Å²) < 4.78 is 5.88. The smallest absolute Gasteiger partial charge is 0.335 e. The third-order valence-corrected chi connectivity index (χ3v) is 5.10. The number of nitrogens with one attached hydrogen (secondary N) is 1. The number of aromatic amines is 1. The maximum atomic E-state index is 11.4. The van der Waals surface area contributed by atoms with Gasteiger partial charge in [0.05, 0.1) is 16.6 Å². The van der Waals surface area contributed by atoms with Crippen LogP contribution in [-0.4, -0.2) is 26.3 Å². The van der Waals surface area contributed by atoms with Gasteiger partial charge in [-0.2, -0.15) is 5.10 Å². The second-order valence-corrected chi connectivity index (χ2v) is 7.22. The Hall–Kier alpha value is -4.65. The van der Waals surface area contributed by atoms with E-state index in [1.807, 2.05) is 66.7 Å². The highest BCUT2D eigenvalue weighted by molar-refractivity contribution is 6.01. The first kappa shape index (κ1) is 19.3. The van der Waals surface area contributed by atoms with E-state index in [-0.39, 0.29) is 5.56 Å². The number of aromatic carboxylic acids is 1. The zero-order valence-electron chi connectivity index (χ0n) is 16.8. The molecule has 4 N–H and O–H groups in total. The van der Waals surface area contributed by atoms with E-state index < -0.39 is 5.97 Å². The fourth-order valence-electron chi connectivity index (χ4n) is 3.56. The molecule has 0 spiro atoms. The van der Waals surface area contributed by atoms with Gasteiger partial charge in [0.25, 0.3) is 0 Å². The number of hydrogen-bond donors (Lipinski definition) is 3. The molecule has 7 heteroatoms. The van der Waals surface area contributed by atoms with Crippen molar-refractivity contribution in [3.63, 3.8) is 0 Å². The van der Waals surface area contributed by atoms with Crippen molar-refractivity contribution in [2.75, 3.05) is 5.73 Å². The summed E-state index contributed by atoms with van der Waals surface area (Å²) in [5.74, 6) is 0.884. The SMILES string of the molecule is Nc1[nH]nc2nc(-c3cccc(C(=O)O)c3)cc(-c3ccc(Oc4ccccc4)cc3)c12. The van der Waals surface area contributed by atoms with Crippen molar-refractivity contribution in [3.05, 3.63) is 90.5 Å². The van der Waals surface area contributed by atoms with Gasteiger partial charge in [0.1, 0.15) is 17.3 Å². The fourth-order valence-corrected chi connectivity index (χ4v) is 3.56. The van der Waals surface area contributed by atoms with Gasteiger partial charge in [0.15, 0.2) is 5.65 Å². The highest BCUT2D eigenvalue weighted by Crippen LogP contribution is 2.35. The van der Waals surface area contributed by atoms with Crippen LogP contribution in [0.1, 0.15) is 10.4 Å². The molecule has 0 saturated carbocycles. The molecule has 3 aromatic carbocycles. The minimum absolute atomic E-state index is 0.190. The van der Waals surface area contributed by atoms with Crippen molar-refractivity contribution < 1.29 is 14.6 Å². The van der Waals surface area contributed by atoms with Crippen LogP contribution >= 0.6 is 0 Å². The topological polar surface area (TPSA) is 114 Å². The van der Waals surface area contributed by atoms with E-state index >= 15 is 0 Å². The van der Waals surface area contributed by atoms with Crippen LogP contribution in [0.25, 0.3) is 33.4 Å². The lowest BCUT2D eigenvalue weighted by Crippen LogP contribution is -1.97. The Morgan fingerprint density at radius 3 is 2.38 bits per heavy atom. The predicted octanol–water partition coefficient (Wildman–Crippen LogP) is 5.36. The van der Waals surface area contributed by atoms with Gasteiger partial charge in [-0.1, -0.05) is 42.5 Å². The molecular weight excluding hydrogens is 404 g/mol. The first-order valence-electron chi connectivity index (χ1n) is 9.90. The van der Waals surface area contributed by atoms with Gasteiger partial charge in [-0.15, -0.1) is 0 Å². The lowest BCUT2D eigenvalue weighted by Gasteiger charge is -2.10. The van der Waals surface area contributed by atoms with Gasteiger partial charge in [0.2, 0.25) is 0 Å². The average Bonchev–Trinajstić information content (AvgIpc) is 3.20. The summed E-state index contributed by atoms with van der Waals surface area (Å²) in [6.45, 7) is 0. The number of nitrogens with two attached hydrogens (primary N) is 1. The molecule has 32 heavy (non-hydrogen) atoms. The Balaban J connectivity index is 1.58. The van der Waals surface area contributed by atoms with Crippen LogP contribution in [0.2, 0.25) is 0 Å². The second kappa shape index (κ2) is 7.88. The third-order valence-electron chi connectivity index (χ3n) is 5.10. The Morgan fingerprint density at radius 2 is 1.62 bits per heavy atom. The number of benzene rings is 3. The quantitative estimate of drug-likeness (QED) is 0.351. The van der Waals surface area contributed by atoms with Crippen LogP contribution in [0.4, 0.5) is 5.82 Å². The molecule has 7 nitrogen and oxygen atoms in total. The van der Waals surface area contributed by atoms with Gasteiger partial charge >= 0.3 is 5.97 Å². The monoisotopic (exact) mass is 422 g/mol. The Kier molecular flexibility index (Phi) is 4.76. The van der Waals surface area contributed by atoms with Crippen LogP contribution in [0.5, 0.6) is 11.5 Å². The number of nitrogen functional groups attached to an aromatic ring is 1. The molecular formula is C25H18N4O3. The number of ether oxygens (including phenoxy) is 1. The summed E-state index contributed by atoms with van der Waals surface area (Å²) >= 11 is 0. The van der Waals surface area contributed by atoms with Crippen molar-refractivity contribution in [1.82, 2.24) is 15.2 Å². The summed E-state index contributed by atoms with van der Waals surface area (Å²) in [5, 5.41) is 17.0. The molecule has 0 aliphatic heterocycles. The summed E-state index contributed by atoms with van der Waals surface area (Å²) in [5.41, 5.74) is 9.81. The molecule has 0 radical (unpaired) electrons. The highest BCUT2D eigenvalue weighted by Gasteiger charge is 2.15. The summed E-state index contributed by atoms with van der Waals surface area (Å²) in [6, 6.07) is 25.7. The number of H-pyrrole nitrogens is 1. The van der Waals surface area contributed by atoms with Gasteiger partial charge < -0.3 is 15.6 Å². The van der Waals surface area contributed by atoms with Gasteiger partial charge in [-0.25, -0.2) is 9.78 Å². The number of carboxylic acids is 1. The molecule has 0 unspecified atom stereocenters. The van der Waals surface area contributed by atoms with Crippen molar-refractivity contribution in [2.24, 2.45) is 0 Å². The molecule has 0 amide bonds. The van der Waals surface area contributed by atoms with Crippen molar-refractivity contribution in [3.8, 4) is 33.9 Å². The molecule has 0 aliphatic rings. The van der Waals surface area contributed by atoms with E-state index in [2.05, 4.69) is 15.2 Å². The number of para-hydroxylation sites is 1. The summed E-state index contributed by atoms with van der Waals surface area (Å²) in [4.78, 5) is 16.0. The number of carbonyl (C=O) groups is 1. The maximum Gasteiger partial charge on any atom is 0.335 e. The number of nitrogens with zero attached hydrogens (tertiary/aromatic N) is 2. The van der Waals surface area contributed by atoms with Crippen LogP contribution in [0.15, 0.2) is 84.9 Å². The van der Waals surface area contributed by atoms with Crippen LogP contribution in [0, 0.1) is 0 Å². The van der Waals surface area contributed by atoms with E-state index in [0.717, 1.165) is 16.9 Å². The number of aromatic nitrogens is 3. The second-order valence-electron chi connectivity index (χ2n) is 7.22. The first-order chi connectivity index (χ1) is 15.6. The van der Waals surface area contributed by atoms with E-state index in [1.54, 1.807) is 18.2 Å². The Labute approximate surface area is 183 Å². The van der Waals surface area contributed by atoms with Crippen molar-refractivity contribution in [2.45, 2.75) is 0 Å². The van der Waals surface area contributed by atoms with Crippen molar-refractivity contribution in [1.29, 1.82) is 0 Å². The van der Waals surface area contributed by atoms with Crippen LogP contribution in [-0.2, 0) is 0 Å². The summed E-state index contributed by atoms with van der Waals surface area (Å²) in [7, 11) is 0. The minimum atomic E-state index is -0.994. The molecule has 2 aromatic heterocycles. The van der Waals surface area contributed by atoms with E-state index in [9.17, 15) is 9.90 Å². The fraction of sp³-hybridized carbons (Fsp3) is 0. The molecule has 0 fully saturated rings. The normalized spacial score (nSPS) is 10.9. The lowest BCUT2D eigenvalue weighted by molar-refractivity contribution is 0.0697. The molecule has 0 saturated heterocycles. The first-order valence-corrected chi connectivity index (χ1v) is 9.90. The number of fused-ring (bicyclic) bond motifs is 1. The molecule has 2 heterocycles. The Morgan fingerprint density at radius 1 is 0.875 bits per heavy atom. The molecule has 0 bridgehead atoms. The standard InChI is InChI=1S/C25H18N4O3/c26-23-22-20(15-9-11-19(12-10-15)32-18-7-2-1-3-8-18)14-21(27-24(22)29-28-23)16-5-4-6-17(13-16)25(30)31/h1-14H,(H,30,31)(H3,26,27,28,29). The zero-order valence-corrected chi connectivity index (χ0v) is 16.8. The average molecular weight is 422 g/mol. The predicted molar refractivity (Wildman–Crippen MR) is 123 cm³/mol. The van der Waals surface area contributed by atoms with E-state index in [0.29, 0.717) is 33.9 Å². The molecule has 5 rings (SSSR count). The largest absolute Gasteiger partial charge is 0.478 e.